The number of thioether (sulfide) groups is 2. The van der Waals surface area contributed by atoms with Gasteiger partial charge in [0.15, 0.2) is 17.3 Å². The largest absolute Gasteiger partial charge is 0.298 e. The highest BCUT2D eigenvalue weighted by Crippen LogP contribution is 2.46. The van der Waals surface area contributed by atoms with Crippen LogP contribution in [-0.2, 0) is 16.0 Å². The van der Waals surface area contributed by atoms with Crippen LogP contribution in [0.4, 0.5) is 0 Å². The summed E-state index contributed by atoms with van der Waals surface area (Å²) >= 11 is 10.2. The number of Topliss-reactive ketones (excluding diaryl/α,β-unsaturated/α-hetero) is 3. The molecule has 1 aromatic rings. The molecule has 0 bridgehead atoms. The average Bonchev–Trinajstić information content (AvgIpc) is 2.97. The van der Waals surface area contributed by atoms with Crippen LogP contribution in [0.5, 0.6) is 0 Å². The summed E-state index contributed by atoms with van der Waals surface area (Å²) in [7, 11) is 0. The molecule has 1 fully saturated rings. The molecule has 1 atom stereocenters. The van der Waals surface area contributed by atoms with Crippen LogP contribution in [0.2, 0.25) is 5.02 Å². The standard InChI is InChI=1S/C18H19ClO3S2/c1-2-8-23-15-9-11-14(24-15)7-6-10(17(11)19)18(22)16-12(20)4-3-5-13(16)21/h6-7,15-16H,2-5,8-9H2,1H3. The maximum absolute atomic E-state index is 12.8. The quantitative estimate of drug-likeness (QED) is 0.551. The summed E-state index contributed by atoms with van der Waals surface area (Å²) in [5.41, 5.74) is 1.31. The van der Waals surface area contributed by atoms with Crippen molar-refractivity contribution in [1.29, 1.82) is 0 Å². The number of rotatable bonds is 5. The molecule has 1 heterocycles. The Labute approximate surface area is 155 Å². The van der Waals surface area contributed by atoms with E-state index in [1.54, 1.807) is 17.8 Å². The van der Waals surface area contributed by atoms with Gasteiger partial charge in [-0.25, -0.2) is 0 Å². The molecule has 3 rings (SSSR count). The van der Waals surface area contributed by atoms with E-state index < -0.39 is 11.7 Å². The van der Waals surface area contributed by atoms with Crippen LogP contribution < -0.4 is 0 Å². The van der Waals surface area contributed by atoms with Gasteiger partial charge in [0.05, 0.1) is 9.60 Å². The zero-order chi connectivity index (χ0) is 17.3. The number of halogens is 1. The van der Waals surface area contributed by atoms with Crippen molar-refractivity contribution in [1.82, 2.24) is 0 Å². The van der Waals surface area contributed by atoms with Crippen molar-refractivity contribution < 1.29 is 14.4 Å². The van der Waals surface area contributed by atoms with Gasteiger partial charge in [0.1, 0.15) is 5.92 Å². The third-order valence-corrected chi connectivity index (χ3v) is 7.73. The first-order valence-corrected chi connectivity index (χ1v) is 10.5. The first-order chi connectivity index (χ1) is 11.5. The summed E-state index contributed by atoms with van der Waals surface area (Å²) in [5.74, 6) is -1.00. The molecule has 0 spiro atoms. The summed E-state index contributed by atoms with van der Waals surface area (Å²) in [4.78, 5) is 37.9. The SMILES string of the molecule is CCCSC1Cc2c(ccc(C(=O)C3C(=O)CCCC3=O)c2Cl)S1. The van der Waals surface area contributed by atoms with Crippen LogP contribution in [0.15, 0.2) is 17.0 Å². The van der Waals surface area contributed by atoms with Crippen molar-refractivity contribution in [2.24, 2.45) is 5.92 Å². The van der Waals surface area contributed by atoms with Gasteiger partial charge in [-0.15, -0.1) is 23.5 Å². The number of fused-ring (bicyclic) bond motifs is 1. The number of ketones is 3. The van der Waals surface area contributed by atoms with Crippen LogP contribution >= 0.6 is 35.1 Å². The molecule has 2 aliphatic rings. The van der Waals surface area contributed by atoms with Gasteiger partial charge in [0.2, 0.25) is 0 Å². The van der Waals surface area contributed by atoms with Crippen molar-refractivity contribution in [3.05, 3.63) is 28.3 Å². The zero-order valence-corrected chi connectivity index (χ0v) is 15.9. The minimum atomic E-state index is -1.14. The monoisotopic (exact) mass is 382 g/mol. The lowest BCUT2D eigenvalue weighted by atomic mass is 9.81. The summed E-state index contributed by atoms with van der Waals surface area (Å²) in [6.07, 6.45) is 3.09. The highest BCUT2D eigenvalue weighted by molar-refractivity contribution is 8.17. The van der Waals surface area contributed by atoms with E-state index in [9.17, 15) is 14.4 Å². The molecule has 1 aliphatic carbocycles. The number of hydrogen-bond donors (Lipinski definition) is 0. The lowest BCUT2D eigenvalue weighted by Crippen LogP contribution is -2.35. The Morgan fingerprint density at radius 2 is 2.00 bits per heavy atom. The molecule has 128 valence electrons. The maximum Gasteiger partial charge on any atom is 0.182 e. The predicted molar refractivity (Wildman–Crippen MR) is 99.2 cm³/mol. The lowest BCUT2D eigenvalue weighted by Gasteiger charge is -2.19. The van der Waals surface area contributed by atoms with E-state index in [4.69, 9.17) is 11.6 Å². The van der Waals surface area contributed by atoms with E-state index in [-0.39, 0.29) is 11.6 Å². The molecule has 0 radical (unpaired) electrons. The van der Waals surface area contributed by atoms with Gasteiger partial charge in [-0.1, -0.05) is 18.5 Å². The summed E-state index contributed by atoms with van der Waals surface area (Å²) in [6, 6.07) is 3.59. The Hall–Kier alpha value is -0.780. The first-order valence-electron chi connectivity index (χ1n) is 8.22. The molecule has 0 amide bonds. The molecule has 6 heteroatoms. The predicted octanol–water partition coefficient (Wildman–Crippen LogP) is 4.58. The van der Waals surface area contributed by atoms with Crippen molar-refractivity contribution >= 4 is 52.5 Å². The van der Waals surface area contributed by atoms with Gasteiger partial charge < -0.3 is 0 Å². The summed E-state index contributed by atoms with van der Waals surface area (Å²) in [5, 5.41) is 0.427. The Morgan fingerprint density at radius 1 is 1.29 bits per heavy atom. The number of carbonyl (C=O) groups excluding carboxylic acids is 3. The van der Waals surface area contributed by atoms with E-state index in [0.717, 1.165) is 29.1 Å². The topological polar surface area (TPSA) is 51.2 Å². The van der Waals surface area contributed by atoms with E-state index >= 15 is 0 Å². The number of benzene rings is 1. The molecule has 3 nitrogen and oxygen atoms in total. The van der Waals surface area contributed by atoms with E-state index in [2.05, 4.69) is 6.92 Å². The van der Waals surface area contributed by atoms with Crippen molar-refractivity contribution in [2.75, 3.05) is 5.75 Å². The second kappa shape index (κ2) is 7.63. The summed E-state index contributed by atoms with van der Waals surface area (Å²) in [6.45, 7) is 2.15. The molecular formula is C18H19ClO3S2. The van der Waals surface area contributed by atoms with Gasteiger partial charge >= 0.3 is 0 Å². The fourth-order valence-electron chi connectivity index (χ4n) is 3.14. The van der Waals surface area contributed by atoms with Gasteiger partial charge in [-0.05, 0) is 42.7 Å². The third kappa shape index (κ3) is 3.44. The zero-order valence-electron chi connectivity index (χ0n) is 13.5. The van der Waals surface area contributed by atoms with Crippen molar-refractivity contribution in [2.45, 2.75) is 48.5 Å². The fourth-order valence-corrected chi connectivity index (χ4v) is 6.19. The van der Waals surface area contributed by atoms with Gasteiger partial charge in [-0.2, -0.15) is 0 Å². The summed E-state index contributed by atoms with van der Waals surface area (Å²) < 4.78 is 0.417. The van der Waals surface area contributed by atoms with Crippen molar-refractivity contribution in [3.8, 4) is 0 Å². The van der Waals surface area contributed by atoms with Crippen LogP contribution in [0.1, 0.15) is 48.5 Å². The van der Waals surface area contributed by atoms with Crippen LogP contribution in [0, 0.1) is 5.92 Å². The lowest BCUT2D eigenvalue weighted by molar-refractivity contribution is -0.133. The Bertz CT molecular complexity index is 686. The van der Waals surface area contributed by atoms with E-state index in [1.165, 1.54) is 0 Å². The smallest absolute Gasteiger partial charge is 0.182 e. The highest BCUT2D eigenvalue weighted by Gasteiger charge is 2.38. The minimum absolute atomic E-state index is 0.265. The molecule has 0 saturated heterocycles. The Balaban J connectivity index is 1.85. The maximum atomic E-state index is 12.8. The minimum Gasteiger partial charge on any atom is -0.298 e. The third-order valence-electron chi connectivity index (χ3n) is 4.36. The Kier molecular flexibility index (Phi) is 5.73. The van der Waals surface area contributed by atoms with E-state index in [1.807, 2.05) is 17.8 Å². The number of carbonyl (C=O) groups is 3. The van der Waals surface area contributed by atoms with Gasteiger partial charge in [0, 0.05) is 23.3 Å². The molecular weight excluding hydrogens is 364 g/mol. The normalized spacial score (nSPS) is 21.2. The van der Waals surface area contributed by atoms with Crippen molar-refractivity contribution in [3.63, 3.8) is 0 Å². The molecule has 1 saturated carbocycles. The van der Waals surface area contributed by atoms with Gasteiger partial charge in [0.25, 0.3) is 0 Å². The van der Waals surface area contributed by atoms with Gasteiger partial charge in [-0.3, -0.25) is 14.4 Å². The molecule has 1 unspecified atom stereocenters. The first kappa shape index (κ1) is 18.0. The average molecular weight is 383 g/mol. The highest BCUT2D eigenvalue weighted by atomic mass is 35.5. The van der Waals surface area contributed by atoms with Crippen LogP contribution in [-0.4, -0.2) is 27.7 Å². The Morgan fingerprint density at radius 3 is 2.67 bits per heavy atom. The van der Waals surface area contributed by atoms with Crippen LogP contribution in [0.3, 0.4) is 0 Å². The number of hydrogen-bond acceptors (Lipinski definition) is 5. The molecule has 0 aromatic heterocycles. The molecule has 1 aromatic carbocycles. The molecule has 24 heavy (non-hydrogen) atoms. The second-order valence-electron chi connectivity index (χ2n) is 6.11. The fraction of sp³-hybridized carbons (Fsp3) is 0.500. The van der Waals surface area contributed by atoms with Crippen LogP contribution in [0.25, 0.3) is 0 Å². The van der Waals surface area contributed by atoms with E-state index in [0.29, 0.717) is 34.4 Å². The molecule has 0 N–H and O–H groups in total. The molecule has 1 aliphatic heterocycles. The second-order valence-corrected chi connectivity index (χ2v) is 9.34.